The second kappa shape index (κ2) is 7.34. The highest BCUT2D eigenvalue weighted by atomic mass is 79.9. The summed E-state index contributed by atoms with van der Waals surface area (Å²) < 4.78 is 1.18. The van der Waals surface area contributed by atoms with Crippen LogP contribution < -0.4 is 5.32 Å². The van der Waals surface area contributed by atoms with Gasteiger partial charge in [-0.25, -0.2) is 4.98 Å². The van der Waals surface area contributed by atoms with Crippen molar-refractivity contribution in [2.45, 2.75) is 39.7 Å². The van der Waals surface area contributed by atoms with Crippen LogP contribution in [0.5, 0.6) is 0 Å². The summed E-state index contributed by atoms with van der Waals surface area (Å²) in [5.74, 6) is 0. The predicted octanol–water partition coefficient (Wildman–Crippen LogP) is 4.81. The Morgan fingerprint density at radius 2 is 2.15 bits per heavy atom. The van der Waals surface area contributed by atoms with Crippen LogP contribution in [-0.2, 0) is 6.42 Å². The van der Waals surface area contributed by atoms with Crippen LogP contribution in [0.1, 0.15) is 41.2 Å². The first-order valence-corrected chi connectivity index (χ1v) is 8.68. The highest BCUT2D eigenvalue weighted by molar-refractivity contribution is 9.10. The summed E-state index contributed by atoms with van der Waals surface area (Å²) in [7, 11) is 0. The molecule has 1 atom stereocenters. The summed E-state index contributed by atoms with van der Waals surface area (Å²) >= 11 is 5.42. The molecule has 0 fully saturated rings. The average molecular weight is 353 g/mol. The van der Waals surface area contributed by atoms with Gasteiger partial charge >= 0.3 is 0 Å². The number of hydrogen-bond donors (Lipinski definition) is 1. The van der Waals surface area contributed by atoms with Crippen molar-refractivity contribution in [1.82, 2.24) is 10.3 Å². The number of aryl methyl sites for hydroxylation is 2. The number of thiazole rings is 1. The lowest BCUT2D eigenvalue weighted by atomic mass is 10.0. The van der Waals surface area contributed by atoms with Crippen LogP contribution in [0.15, 0.2) is 28.1 Å². The summed E-state index contributed by atoms with van der Waals surface area (Å²) in [6, 6.07) is 6.88. The molecule has 0 saturated heterocycles. The number of hydrogen-bond acceptors (Lipinski definition) is 3. The fraction of sp³-hybridized carbons (Fsp3) is 0.438. The maximum absolute atomic E-state index is 4.59. The molecule has 0 spiro atoms. The normalized spacial score (nSPS) is 12.6. The number of nitrogens with one attached hydrogen (secondary N) is 1. The minimum atomic E-state index is 0.312. The number of nitrogens with zero attached hydrogens (tertiary/aromatic N) is 1. The number of halogens is 1. The smallest absolute Gasteiger partial charge is 0.0897 e. The molecule has 1 N–H and O–H groups in total. The Morgan fingerprint density at radius 3 is 2.75 bits per heavy atom. The second-order valence-electron chi connectivity index (χ2n) is 5.09. The third-order valence-corrected chi connectivity index (χ3v) is 4.76. The van der Waals surface area contributed by atoms with E-state index in [0.717, 1.165) is 24.4 Å². The molecule has 2 aromatic rings. The maximum atomic E-state index is 4.59. The van der Waals surface area contributed by atoms with Gasteiger partial charge < -0.3 is 5.32 Å². The third-order valence-electron chi connectivity index (χ3n) is 3.25. The molecular formula is C16H21BrN2S. The van der Waals surface area contributed by atoms with Crippen molar-refractivity contribution in [3.05, 3.63) is 49.9 Å². The van der Waals surface area contributed by atoms with E-state index in [-0.39, 0.29) is 0 Å². The molecule has 0 bridgehead atoms. The standard InChI is InChI=1S/C16H21BrN2S/c1-4-7-18-16(9-13-10-20-12(3)19-13)14-6-5-11(2)8-15(14)17/h5-6,8,10,16,18H,4,7,9H2,1-3H3. The lowest BCUT2D eigenvalue weighted by Gasteiger charge is -2.20. The quantitative estimate of drug-likeness (QED) is 0.806. The van der Waals surface area contributed by atoms with Crippen LogP contribution in [0.4, 0.5) is 0 Å². The molecule has 1 heterocycles. The molecule has 1 aromatic carbocycles. The Bertz CT molecular complexity index is 565. The molecule has 0 aliphatic carbocycles. The molecule has 1 aromatic heterocycles. The molecule has 0 saturated carbocycles. The van der Waals surface area contributed by atoms with E-state index in [1.54, 1.807) is 11.3 Å². The molecule has 1 unspecified atom stereocenters. The van der Waals surface area contributed by atoms with Crippen LogP contribution in [0.3, 0.4) is 0 Å². The van der Waals surface area contributed by atoms with Gasteiger partial charge in [0.25, 0.3) is 0 Å². The van der Waals surface area contributed by atoms with Crippen molar-refractivity contribution in [2.75, 3.05) is 6.54 Å². The number of benzene rings is 1. The first-order valence-electron chi connectivity index (χ1n) is 7.00. The second-order valence-corrected chi connectivity index (χ2v) is 7.01. The molecule has 2 nitrogen and oxygen atoms in total. The molecule has 0 aliphatic heterocycles. The lowest BCUT2D eigenvalue weighted by Crippen LogP contribution is -2.24. The first-order chi connectivity index (χ1) is 9.60. The van der Waals surface area contributed by atoms with E-state index < -0.39 is 0 Å². The van der Waals surface area contributed by atoms with Crippen molar-refractivity contribution in [1.29, 1.82) is 0 Å². The lowest BCUT2D eigenvalue weighted by molar-refractivity contribution is 0.523. The van der Waals surface area contributed by atoms with E-state index >= 15 is 0 Å². The van der Waals surface area contributed by atoms with Gasteiger partial charge in [0, 0.05) is 22.3 Å². The Morgan fingerprint density at radius 1 is 1.35 bits per heavy atom. The summed E-state index contributed by atoms with van der Waals surface area (Å²) in [5, 5.41) is 6.94. The van der Waals surface area contributed by atoms with Crippen molar-refractivity contribution in [3.8, 4) is 0 Å². The minimum absolute atomic E-state index is 0.312. The fourth-order valence-electron chi connectivity index (χ4n) is 2.24. The van der Waals surface area contributed by atoms with E-state index in [1.807, 2.05) is 0 Å². The average Bonchev–Trinajstić information content (AvgIpc) is 2.80. The zero-order chi connectivity index (χ0) is 14.5. The zero-order valence-corrected chi connectivity index (χ0v) is 14.6. The van der Waals surface area contributed by atoms with Crippen LogP contribution in [0.25, 0.3) is 0 Å². The van der Waals surface area contributed by atoms with Gasteiger partial charge in [-0.15, -0.1) is 11.3 Å². The van der Waals surface area contributed by atoms with Gasteiger partial charge in [0.15, 0.2) is 0 Å². The monoisotopic (exact) mass is 352 g/mol. The van der Waals surface area contributed by atoms with E-state index in [1.165, 1.54) is 21.3 Å². The van der Waals surface area contributed by atoms with Gasteiger partial charge in [0.05, 0.1) is 10.7 Å². The van der Waals surface area contributed by atoms with Crippen LogP contribution in [0.2, 0.25) is 0 Å². The van der Waals surface area contributed by atoms with Crippen LogP contribution in [0, 0.1) is 13.8 Å². The van der Waals surface area contributed by atoms with Gasteiger partial charge in [0.1, 0.15) is 0 Å². The summed E-state index contributed by atoms with van der Waals surface area (Å²) in [6.45, 7) is 7.40. The van der Waals surface area contributed by atoms with E-state index in [2.05, 4.69) is 70.6 Å². The molecule has 2 rings (SSSR count). The van der Waals surface area contributed by atoms with Crippen LogP contribution in [-0.4, -0.2) is 11.5 Å². The third kappa shape index (κ3) is 4.14. The highest BCUT2D eigenvalue weighted by Crippen LogP contribution is 2.27. The number of rotatable bonds is 6. The van der Waals surface area contributed by atoms with Gasteiger partial charge in [-0.1, -0.05) is 35.0 Å². The molecule has 0 aliphatic rings. The Kier molecular flexibility index (Phi) is 5.75. The van der Waals surface area contributed by atoms with Crippen molar-refractivity contribution in [3.63, 3.8) is 0 Å². The largest absolute Gasteiger partial charge is 0.310 e. The van der Waals surface area contributed by atoms with Gasteiger partial charge in [-0.3, -0.25) is 0 Å². The van der Waals surface area contributed by atoms with Gasteiger partial charge in [0.2, 0.25) is 0 Å². The van der Waals surface area contributed by atoms with E-state index in [0.29, 0.717) is 6.04 Å². The van der Waals surface area contributed by atoms with Gasteiger partial charge in [-0.2, -0.15) is 0 Å². The topological polar surface area (TPSA) is 24.9 Å². The first kappa shape index (κ1) is 15.7. The molecule has 20 heavy (non-hydrogen) atoms. The molecule has 4 heteroatoms. The Hall–Kier alpha value is -0.710. The SMILES string of the molecule is CCCNC(Cc1csc(C)n1)c1ccc(C)cc1Br. The molecule has 108 valence electrons. The summed E-state index contributed by atoms with van der Waals surface area (Å²) in [5.41, 5.74) is 3.77. The summed E-state index contributed by atoms with van der Waals surface area (Å²) in [4.78, 5) is 4.59. The van der Waals surface area contributed by atoms with Crippen LogP contribution >= 0.6 is 27.3 Å². The molecule has 0 radical (unpaired) electrons. The summed E-state index contributed by atoms with van der Waals surface area (Å²) in [6.07, 6.45) is 2.07. The predicted molar refractivity (Wildman–Crippen MR) is 90.5 cm³/mol. The molecular weight excluding hydrogens is 332 g/mol. The van der Waals surface area contributed by atoms with E-state index in [9.17, 15) is 0 Å². The highest BCUT2D eigenvalue weighted by Gasteiger charge is 2.16. The zero-order valence-electron chi connectivity index (χ0n) is 12.2. The minimum Gasteiger partial charge on any atom is -0.310 e. The Labute approximate surface area is 133 Å². The maximum Gasteiger partial charge on any atom is 0.0897 e. The van der Waals surface area contributed by atoms with Crippen molar-refractivity contribution in [2.24, 2.45) is 0 Å². The van der Waals surface area contributed by atoms with Crippen molar-refractivity contribution >= 4 is 27.3 Å². The molecule has 0 amide bonds. The van der Waals surface area contributed by atoms with Gasteiger partial charge in [-0.05, 0) is 44.0 Å². The fourth-order valence-corrected chi connectivity index (χ4v) is 3.63. The van der Waals surface area contributed by atoms with E-state index in [4.69, 9.17) is 0 Å². The Balaban J connectivity index is 2.22. The van der Waals surface area contributed by atoms with Crippen molar-refractivity contribution < 1.29 is 0 Å². The number of aromatic nitrogens is 1.